The second-order valence-corrected chi connectivity index (χ2v) is 6.63. The largest absolute Gasteiger partial charge is 0.497 e. The minimum Gasteiger partial charge on any atom is -0.497 e. The van der Waals surface area contributed by atoms with Gasteiger partial charge in [-0.1, -0.05) is 18.2 Å². The van der Waals surface area contributed by atoms with Crippen molar-refractivity contribution in [1.29, 1.82) is 0 Å². The van der Waals surface area contributed by atoms with Gasteiger partial charge in [-0.3, -0.25) is 19.8 Å². The summed E-state index contributed by atoms with van der Waals surface area (Å²) in [4.78, 5) is 19.3. The van der Waals surface area contributed by atoms with E-state index in [2.05, 4.69) is 21.0 Å². The summed E-state index contributed by atoms with van der Waals surface area (Å²) >= 11 is 0. The molecule has 1 aliphatic rings. The molecule has 0 fully saturated rings. The zero-order valence-electron chi connectivity index (χ0n) is 14.8. The number of H-pyrrole nitrogens is 1. The van der Waals surface area contributed by atoms with Crippen LogP contribution in [0.4, 0.5) is 0 Å². The lowest BCUT2D eigenvalue weighted by Gasteiger charge is -2.25. The molecule has 3 heterocycles. The second kappa shape index (κ2) is 7.17. The quantitative estimate of drug-likeness (QED) is 0.766. The maximum atomic E-state index is 12.8. The summed E-state index contributed by atoms with van der Waals surface area (Å²) in [6, 6.07) is 11.8. The minimum absolute atomic E-state index is 0.0682. The Balaban J connectivity index is 1.52. The summed E-state index contributed by atoms with van der Waals surface area (Å²) in [6.07, 6.45) is 4.52. The Morgan fingerprint density at radius 2 is 2.08 bits per heavy atom. The highest BCUT2D eigenvalue weighted by Crippen LogP contribution is 2.18. The Bertz CT molecular complexity index is 946. The predicted octanol–water partition coefficient (Wildman–Crippen LogP) is 2.19. The molecule has 6 nitrogen and oxygen atoms in total. The molecule has 0 saturated heterocycles. The van der Waals surface area contributed by atoms with E-state index in [1.807, 2.05) is 36.5 Å². The van der Waals surface area contributed by atoms with Crippen LogP contribution in [0.15, 0.2) is 53.6 Å². The van der Waals surface area contributed by atoms with Gasteiger partial charge in [-0.2, -0.15) is 0 Å². The molecule has 0 aliphatic carbocycles. The van der Waals surface area contributed by atoms with Gasteiger partial charge in [-0.15, -0.1) is 0 Å². The summed E-state index contributed by atoms with van der Waals surface area (Å²) in [7, 11) is 1.65. The molecule has 0 spiro atoms. The zero-order valence-corrected chi connectivity index (χ0v) is 14.8. The summed E-state index contributed by atoms with van der Waals surface area (Å²) in [5.41, 5.74) is 4.21. The van der Waals surface area contributed by atoms with Gasteiger partial charge in [0.2, 0.25) is 0 Å². The van der Waals surface area contributed by atoms with Crippen molar-refractivity contribution in [3.8, 4) is 5.75 Å². The number of ether oxygens (including phenoxy) is 1. The lowest BCUT2D eigenvalue weighted by molar-refractivity contribution is 0.244. The Kier molecular flexibility index (Phi) is 4.58. The number of hydrogen-bond acceptors (Lipinski definition) is 4. The third-order valence-electron chi connectivity index (χ3n) is 4.80. The lowest BCUT2D eigenvalue weighted by Crippen LogP contribution is -2.32. The molecule has 2 aromatic heterocycles. The predicted molar refractivity (Wildman–Crippen MR) is 99.2 cm³/mol. The Morgan fingerprint density at radius 1 is 1.19 bits per heavy atom. The number of hydrogen-bond donors (Lipinski definition) is 1. The monoisotopic (exact) mass is 350 g/mol. The Labute approximate surface area is 152 Å². The number of nitrogens with zero attached hydrogens (tertiary/aromatic N) is 3. The number of nitrogens with one attached hydrogen (secondary N) is 1. The molecule has 0 amide bonds. The van der Waals surface area contributed by atoms with E-state index < -0.39 is 0 Å². The fraction of sp³-hybridized carbons (Fsp3) is 0.300. The van der Waals surface area contributed by atoms with Crippen molar-refractivity contribution in [2.24, 2.45) is 0 Å². The van der Waals surface area contributed by atoms with Crippen molar-refractivity contribution < 1.29 is 4.74 Å². The van der Waals surface area contributed by atoms with Crippen molar-refractivity contribution in [3.63, 3.8) is 0 Å². The third-order valence-corrected chi connectivity index (χ3v) is 4.80. The first-order valence-corrected chi connectivity index (χ1v) is 8.77. The molecule has 0 unspecified atom stereocenters. The zero-order chi connectivity index (χ0) is 17.9. The molecule has 134 valence electrons. The molecule has 0 bridgehead atoms. The van der Waals surface area contributed by atoms with Crippen LogP contribution in [-0.2, 0) is 26.1 Å². The highest BCUT2D eigenvalue weighted by Gasteiger charge is 2.22. The molecule has 6 heteroatoms. The number of rotatable bonds is 5. The van der Waals surface area contributed by atoms with Gasteiger partial charge in [-0.05, 0) is 29.3 Å². The van der Waals surface area contributed by atoms with Crippen LogP contribution in [0.5, 0.6) is 5.75 Å². The van der Waals surface area contributed by atoms with Crippen LogP contribution >= 0.6 is 0 Å². The lowest BCUT2D eigenvalue weighted by atomic mass is 10.1. The highest BCUT2D eigenvalue weighted by molar-refractivity contribution is 5.29. The van der Waals surface area contributed by atoms with E-state index in [4.69, 9.17) is 4.74 Å². The van der Waals surface area contributed by atoms with Gasteiger partial charge in [0.05, 0.1) is 19.2 Å². The van der Waals surface area contributed by atoms with E-state index in [1.165, 1.54) is 5.56 Å². The topological polar surface area (TPSA) is 63.1 Å². The molecule has 1 aromatic carbocycles. The van der Waals surface area contributed by atoms with Gasteiger partial charge >= 0.3 is 0 Å². The van der Waals surface area contributed by atoms with Crippen LogP contribution < -0.4 is 10.3 Å². The van der Waals surface area contributed by atoms with Crippen LogP contribution in [0.25, 0.3) is 0 Å². The number of pyridine rings is 1. The van der Waals surface area contributed by atoms with E-state index >= 15 is 0 Å². The third kappa shape index (κ3) is 3.41. The van der Waals surface area contributed by atoms with E-state index in [9.17, 15) is 4.79 Å². The molecule has 0 radical (unpaired) electrons. The summed E-state index contributed by atoms with van der Waals surface area (Å²) < 4.78 is 6.97. The van der Waals surface area contributed by atoms with Gasteiger partial charge in [-0.25, -0.2) is 4.68 Å². The number of methoxy groups -OCH3 is 1. The first kappa shape index (κ1) is 16.6. The van der Waals surface area contributed by atoms with Crippen molar-refractivity contribution >= 4 is 0 Å². The maximum absolute atomic E-state index is 12.8. The maximum Gasteiger partial charge on any atom is 0.271 e. The van der Waals surface area contributed by atoms with Crippen LogP contribution in [0.2, 0.25) is 0 Å². The van der Waals surface area contributed by atoms with Crippen LogP contribution in [-0.4, -0.2) is 33.3 Å². The average molecular weight is 350 g/mol. The van der Waals surface area contributed by atoms with Crippen LogP contribution in [0.1, 0.15) is 22.4 Å². The molecule has 1 aliphatic heterocycles. The summed E-state index contributed by atoms with van der Waals surface area (Å²) in [6.45, 7) is 2.94. The van der Waals surface area contributed by atoms with Crippen LogP contribution in [0, 0.1) is 0 Å². The van der Waals surface area contributed by atoms with Gasteiger partial charge < -0.3 is 4.74 Å². The molecule has 3 aromatic rings. The van der Waals surface area contributed by atoms with Gasteiger partial charge in [0, 0.05) is 44.1 Å². The van der Waals surface area contributed by atoms with E-state index in [0.29, 0.717) is 13.1 Å². The number of benzene rings is 1. The van der Waals surface area contributed by atoms with Crippen LogP contribution in [0.3, 0.4) is 0 Å². The van der Waals surface area contributed by atoms with E-state index in [-0.39, 0.29) is 5.56 Å². The Hall–Kier alpha value is -2.86. The number of fused-ring (bicyclic) bond motifs is 1. The fourth-order valence-corrected chi connectivity index (χ4v) is 3.47. The summed E-state index contributed by atoms with van der Waals surface area (Å²) in [5, 5.41) is 3.30. The Morgan fingerprint density at radius 3 is 2.88 bits per heavy atom. The molecular weight excluding hydrogens is 328 g/mol. The van der Waals surface area contributed by atoms with Gasteiger partial charge in [0.25, 0.3) is 5.56 Å². The normalized spacial score (nSPS) is 14.2. The highest BCUT2D eigenvalue weighted by atomic mass is 16.5. The fourth-order valence-electron chi connectivity index (χ4n) is 3.47. The molecular formula is C20H22N4O2. The van der Waals surface area contributed by atoms with Crippen molar-refractivity contribution in [1.82, 2.24) is 19.7 Å². The van der Waals surface area contributed by atoms with Crippen molar-refractivity contribution in [2.45, 2.75) is 26.1 Å². The van der Waals surface area contributed by atoms with Crippen molar-refractivity contribution in [2.75, 3.05) is 13.7 Å². The minimum atomic E-state index is 0.0682. The summed E-state index contributed by atoms with van der Waals surface area (Å²) in [5.74, 6) is 0.800. The van der Waals surface area contributed by atoms with Gasteiger partial charge in [0.15, 0.2) is 0 Å². The number of aromatic nitrogens is 3. The second-order valence-electron chi connectivity index (χ2n) is 6.63. The van der Waals surface area contributed by atoms with Gasteiger partial charge in [0.1, 0.15) is 5.75 Å². The molecule has 1 N–H and O–H groups in total. The SMILES string of the molecule is COc1cccc(Cn2[nH]c3c(c2=O)CN(Cc2cccnc2)CC3)c1. The first-order chi connectivity index (χ1) is 12.7. The average Bonchev–Trinajstić information content (AvgIpc) is 2.98. The van der Waals surface area contributed by atoms with Crippen molar-refractivity contribution in [3.05, 3.63) is 81.5 Å². The number of aromatic amines is 1. The first-order valence-electron chi connectivity index (χ1n) is 8.77. The molecule has 26 heavy (non-hydrogen) atoms. The molecule has 4 rings (SSSR count). The standard InChI is InChI=1S/C20H22N4O2/c1-26-17-6-2-4-15(10-17)13-24-20(25)18-14-23(9-7-19(18)22-24)12-16-5-3-8-21-11-16/h2-6,8,10-11,22H,7,9,12-14H2,1H3. The smallest absolute Gasteiger partial charge is 0.271 e. The molecule has 0 saturated carbocycles. The van der Waals surface area contributed by atoms with E-state index in [1.54, 1.807) is 18.0 Å². The molecule has 0 atom stereocenters. The van der Waals surface area contributed by atoms with E-state index in [0.717, 1.165) is 42.1 Å².